The van der Waals surface area contributed by atoms with Gasteiger partial charge in [0, 0.05) is 31.5 Å². The molecule has 1 aromatic rings. The molecule has 1 unspecified atom stereocenters. The first-order chi connectivity index (χ1) is 13.0. The van der Waals surface area contributed by atoms with Crippen molar-refractivity contribution >= 4 is 23.6 Å². The Kier molecular flexibility index (Phi) is 4.68. The van der Waals surface area contributed by atoms with Gasteiger partial charge in [-0.25, -0.2) is 0 Å². The number of carbonyl (C=O) groups is 4. The molecule has 0 radical (unpaired) electrons. The topological polar surface area (TPSA) is 95.6 Å². The number of aryl methyl sites for hydroxylation is 1. The molecule has 2 N–H and O–H groups in total. The van der Waals surface area contributed by atoms with E-state index in [0.717, 1.165) is 17.7 Å². The number of amides is 4. The van der Waals surface area contributed by atoms with E-state index in [2.05, 4.69) is 10.6 Å². The lowest BCUT2D eigenvalue weighted by Gasteiger charge is -2.29. The van der Waals surface area contributed by atoms with Crippen LogP contribution in [0, 0.1) is 5.92 Å². The molecule has 7 nitrogen and oxygen atoms in total. The number of rotatable bonds is 6. The van der Waals surface area contributed by atoms with Crippen molar-refractivity contribution in [2.24, 2.45) is 5.92 Å². The van der Waals surface area contributed by atoms with Crippen LogP contribution in [0.15, 0.2) is 18.2 Å². The van der Waals surface area contributed by atoms with E-state index < -0.39 is 11.9 Å². The van der Waals surface area contributed by atoms with Gasteiger partial charge in [-0.1, -0.05) is 12.1 Å². The number of fused-ring (bicyclic) bond motifs is 1. The molecule has 1 saturated heterocycles. The normalized spacial score (nSPS) is 21.9. The van der Waals surface area contributed by atoms with Crippen LogP contribution in [0.1, 0.15) is 53.6 Å². The second-order valence-electron chi connectivity index (χ2n) is 7.64. The molecule has 3 aliphatic rings. The van der Waals surface area contributed by atoms with Gasteiger partial charge < -0.3 is 10.2 Å². The Bertz CT molecular complexity index is 815. The van der Waals surface area contributed by atoms with E-state index in [1.807, 2.05) is 18.2 Å². The molecule has 1 aromatic carbocycles. The maximum absolute atomic E-state index is 12.8. The first-order valence-electron chi connectivity index (χ1n) is 9.54. The third-order valence-electron chi connectivity index (χ3n) is 5.52. The van der Waals surface area contributed by atoms with Crippen molar-refractivity contribution in [3.05, 3.63) is 34.9 Å². The van der Waals surface area contributed by atoms with Crippen LogP contribution in [0.2, 0.25) is 0 Å². The van der Waals surface area contributed by atoms with Crippen molar-refractivity contribution in [3.8, 4) is 0 Å². The Morgan fingerprint density at radius 1 is 1.19 bits per heavy atom. The summed E-state index contributed by atoms with van der Waals surface area (Å²) in [6.07, 6.45) is 4.00. The van der Waals surface area contributed by atoms with Crippen LogP contribution in [0.3, 0.4) is 0 Å². The molecule has 0 bridgehead atoms. The molecule has 1 atom stereocenters. The molecule has 0 aromatic heterocycles. The van der Waals surface area contributed by atoms with Crippen molar-refractivity contribution < 1.29 is 19.2 Å². The first-order valence-corrected chi connectivity index (χ1v) is 9.54. The standard InChI is InChI=1S/C20H23N3O4/c24-17(21-10-13-1-2-13)7-4-12-3-5-14-11-23(20(27)15(14)9-12)16-6-8-18(25)22-19(16)26/h3,5,9,13,16H,1-2,4,6-8,10-11H2,(H,21,24)(H,22,25,26). The van der Waals surface area contributed by atoms with Gasteiger partial charge in [0.1, 0.15) is 6.04 Å². The Balaban J connectivity index is 1.38. The summed E-state index contributed by atoms with van der Waals surface area (Å²) in [4.78, 5) is 49.6. The highest BCUT2D eigenvalue weighted by atomic mass is 16.2. The van der Waals surface area contributed by atoms with Gasteiger partial charge in [-0.15, -0.1) is 0 Å². The lowest BCUT2D eigenvalue weighted by Crippen LogP contribution is -2.52. The highest BCUT2D eigenvalue weighted by Gasteiger charge is 2.39. The number of benzene rings is 1. The fourth-order valence-electron chi connectivity index (χ4n) is 3.68. The lowest BCUT2D eigenvalue weighted by molar-refractivity contribution is -0.137. The number of imide groups is 1. The molecule has 1 aliphatic carbocycles. The minimum absolute atomic E-state index is 0.0406. The van der Waals surface area contributed by atoms with Crippen molar-refractivity contribution in [2.45, 2.75) is 51.1 Å². The number of hydrogen-bond donors (Lipinski definition) is 2. The molecule has 0 spiro atoms. The number of nitrogens with zero attached hydrogens (tertiary/aromatic N) is 1. The van der Waals surface area contributed by atoms with E-state index in [9.17, 15) is 19.2 Å². The third-order valence-corrected chi connectivity index (χ3v) is 5.52. The van der Waals surface area contributed by atoms with Crippen molar-refractivity contribution in [2.75, 3.05) is 6.54 Å². The molecule has 2 aliphatic heterocycles. The Morgan fingerprint density at radius 3 is 2.74 bits per heavy atom. The molecule has 2 fully saturated rings. The fraction of sp³-hybridized carbons (Fsp3) is 0.500. The highest BCUT2D eigenvalue weighted by molar-refractivity contribution is 6.05. The van der Waals surface area contributed by atoms with E-state index >= 15 is 0 Å². The van der Waals surface area contributed by atoms with Gasteiger partial charge in [0.15, 0.2) is 0 Å². The molecule has 4 amide bonds. The number of piperidine rings is 1. The maximum atomic E-state index is 12.8. The summed E-state index contributed by atoms with van der Waals surface area (Å²) in [6.45, 7) is 1.14. The summed E-state index contributed by atoms with van der Waals surface area (Å²) in [5.74, 6) is -0.175. The van der Waals surface area contributed by atoms with E-state index in [1.165, 1.54) is 12.8 Å². The molecule has 2 heterocycles. The van der Waals surface area contributed by atoms with Crippen LogP contribution < -0.4 is 10.6 Å². The molecule has 1 saturated carbocycles. The minimum atomic E-state index is -0.598. The highest BCUT2D eigenvalue weighted by Crippen LogP contribution is 2.29. The molecule has 4 rings (SSSR count). The van der Waals surface area contributed by atoms with Crippen LogP contribution in [0.5, 0.6) is 0 Å². The predicted molar refractivity (Wildman–Crippen MR) is 96.5 cm³/mol. The van der Waals surface area contributed by atoms with Crippen LogP contribution >= 0.6 is 0 Å². The smallest absolute Gasteiger partial charge is 0.255 e. The molecular weight excluding hydrogens is 346 g/mol. The van der Waals surface area contributed by atoms with E-state index in [-0.39, 0.29) is 24.1 Å². The second kappa shape index (κ2) is 7.13. The number of hydrogen-bond acceptors (Lipinski definition) is 4. The van der Waals surface area contributed by atoms with Crippen LogP contribution in [0.25, 0.3) is 0 Å². The van der Waals surface area contributed by atoms with Crippen LogP contribution in [-0.4, -0.2) is 41.1 Å². The monoisotopic (exact) mass is 369 g/mol. The largest absolute Gasteiger partial charge is 0.356 e. The van der Waals surface area contributed by atoms with Crippen molar-refractivity contribution in [1.29, 1.82) is 0 Å². The third kappa shape index (κ3) is 3.86. The average Bonchev–Trinajstić information content (AvgIpc) is 3.42. The summed E-state index contributed by atoms with van der Waals surface area (Å²) in [6, 6.07) is 5.07. The summed E-state index contributed by atoms with van der Waals surface area (Å²) in [7, 11) is 0. The number of nitrogens with one attached hydrogen (secondary N) is 2. The van der Waals surface area contributed by atoms with Gasteiger partial charge >= 0.3 is 0 Å². The van der Waals surface area contributed by atoms with Crippen molar-refractivity contribution in [3.63, 3.8) is 0 Å². The van der Waals surface area contributed by atoms with E-state index in [4.69, 9.17) is 0 Å². The van der Waals surface area contributed by atoms with Gasteiger partial charge in [0.25, 0.3) is 5.91 Å². The zero-order chi connectivity index (χ0) is 19.0. The van der Waals surface area contributed by atoms with Crippen molar-refractivity contribution in [1.82, 2.24) is 15.5 Å². The van der Waals surface area contributed by atoms with Gasteiger partial charge in [0.05, 0.1) is 0 Å². The molecular formula is C20H23N3O4. The Hall–Kier alpha value is -2.70. The maximum Gasteiger partial charge on any atom is 0.255 e. The summed E-state index contributed by atoms with van der Waals surface area (Å²) < 4.78 is 0. The zero-order valence-electron chi connectivity index (χ0n) is 15.1. The Morgan fingerprint density at radius 2 is 2.00 bits per heavy atom. The van der Waals surface area contributed by atoms with Gasteiger partial charge in [-0.2, -0.15) is 0 Å². The van der Waals surface area contributed by atoms with E-state index in [0.29, 0.717) is 37.3 Å². The second-order valence-corrected chi connectivity index (χ2v) is 7.64. The summed E-state index contributed by atoms with van der Waals surface area (Å²) >= 11 is 0. The first kappa shape index (κ1) is 17.7. The van der Waals surface area contributed by atoms with Gasteiger partial charge in [-0.05, 0) is 48.8 Å². The summed E-state index contributed by atoms with van der Waals surface area (Å²) in [5.41, 5.74) is 2.41. The van der Waals surface area contributed by atoms with Crippen LogP contribution in [0.4, 0.5) is 0 Å². The predicted octanol–water partition coefficient (Wildman–Crippen LogP) is 0.906. The number of carbonyl (C=O) groups excluding carboxylic acids is 4. The molecule has 142 valence electrons. The fourth-order valence-corrected chi connectivity index (χ4v) is 3.68. The lowest BCUT2D eigenvalue weighted by atomic mass is 10.0. The quantitative estimate of drug-likeness (QED) is 0.729. The average molecular weight is 369 g/mol. The molecule has 27 heavy (non-hydrogen) atoms. The zero-order valence-corrected chi connectivity index (χ0v) is 15.1. The summed E-state index contributed by atoms with van der Waals surface area (Å²) in [5, 5.41) is 5.25. The molecule has 7 heteroatoms. The van der Waals surface area contributed by atoms with Gasteiger partial charge in [0.2, 0.25) is 17.7 Å². The van der Waals surface area contributed by atoms with Crippen LogP contribution in [-0.2, 0) is 27.3 Å². The van der Waals surface area contributed by atoms with Gasteiger partial charge in [-0.3, -0.25) is 24.5 Å². The van der Waals surface area contributed by atoms with E-state index in [1.54, 1.807) is 4.90 Å². The SMILES string of the molecule is O=C(CCc1ccc2c(c1)C(=O)N(C1CCC(=O)NC1=O)C2)NCC1CC1. The Labute approximate surface area is 157 Å². The minimum Gasteiger partial charge on any atom is -0.356 e.